The highest BCUT2D eigenvalue weighted by Gasteiger charge is 2.23. The summed E-state index contributed by atoms with van der Waals surface area (Å²) in [4.78, 5) is 17.1. The second-order valence-electron chi connectivity index (χ2n) is 7.72. The number of nitrogens with zero attached hydrogens (tertiary/aromatic N) is 6. The number of piperidine rings is 1. The van der Waals surface area contributed by atoms with E-state index in [2.05, 4.69) is 58.5 Å². The zero-order chi connectivity index (χ0) is 19.8. The van der Waals surface area contributed by atoms with Crippen LogP contribution in [0.2, 0.25) is 0 Å². The van der Waals surface area contributed by atoms with Gasteiger partial charge in [-0.1, -0.05) is 24.3 Å². The summed E-state index contributed by atoms with van der Waals surface area (Å²) in [5.41, 5.74) is 2.84. The Morgan fingerprint density at radius 2 is 2.00 bits per heavy atom. The zero-order valence-corrected chi connectivity index (χ0v) is 17.1. The fourth-order valence-electron chi connectivity index (χ4n) is 3.93. The number of hydrogen-bond acceptors (Lipinski definition) is 5. The van der Waals surface area contributed by atoms with Gasteiger partial charge in [0.1, 0.15) is 6.33 Å². The molecule has 0 radical (unpaired) electrons. The minimum absolute atomic E-state index is 0.194. The predicted octanol–water partition coefficient (Wildman–Crippen LogP) is 2.17. The van der Waals surface area contributed by atoms with E-state index in [9.17, 15) is 4.79 Å². The summed E-state index contributed by atoms with van der Waals surface area (Å²) in [6.07, 6.45) is 5.47. The van der Waals surface area contributed by atoms with E-state index in [1.54, 1.807) is 11.0 Å². The van der Waals surface area contributed by atoms with E-state index in [-0.39, 0.29) is 5.91 Å². The second-order valence-corrected chi connectivity index (χ2v) is 7.72. The maximum atomic E-state index is 12.5. The molecule has 28 heavy (non-hydrogen) atoms. The van der Waals surface area contributed by atoms with Gasteiger partial charge in [-0.3, -0.25) is 4.79 Å². The van der Waals surface area contributed by atoms with E-state index in [1.165, 1.54) is 24.0 Å². The Bertz CT molecular complexity index is 724. The number of likely N-dealkylation sites (tertiary alicyclic amines) is 1. The lowest BCUT2D eigenvalue weighted by Gasteiger charge is -2.34. The van der Waals surface area contributed by atoms with Crippen LogP contribution in [0.1, 0.15) is 37.3 Å². The molecule has 1 aromatic carbocycles. The van der Waals surface area contributed by atoms with Crippen LogP contribution in [-0.4, -0.2) is 68.6 Å². The van der Waals surface area contributed by atoms with Gasteiger partial charge in [0.2, 0.25) is 5.91 Å². The molecule has 7 nitrogen and oxygen atoms in total. The highest BCUT2D eigenvalue weighted by Crippen LogP contribution is 2.19. The molecule has 1 aliphatic rings. The number of aromatic nitrogens is 4. The number of benzene rings is 1. The molecule has 0 unspecified atom stereocenters. The number of rotatable bonds is 9. The third kappa shape index (κ3) is 5.86. The summed E-state index contributed by atoms with van der Waals surface area (Å²) in [5.74, 6) is 0.798. The Labute approximate surface area is 167 Å². The van der Waals surface area contributed by atoms with Gasteiger partial charge in [-0.25, -0.2) is 4.68 Å². The van der Waals surface area contributed by atoms with Gasteiger partial charge in [-0.05, 0) is 73.7 Å². The van der Waals surface area contributed by atoms with Crippen molar-refractivity contribution in [3.05, 3.63) is 41.7 Å². The molecule has 0 N–H and O–H groups in total. The summed E-state index contributed by atoms with van der Waals surface area (Å²) in [5, 5.41) is 11.0. The van der Waals surface area contributed by atoms with Gasteiger partial charge in [0.25, 0.3) is 0 Å². The van der Waals surface area contributed by atoms with Crippen molar-refractivity contribution in [1.82, 2.24) is 30.0 Å². The van der Waals surface area contributed by atoms with Gasteiger partial charge in [-0.15, -0.1) is 5.10 Å². The zero-order valence-electron chi connectivity index (χ0n) is 17.1. The van der Waals surface area contributed by atoms with E-state index in [0.717, 1.165) is 39.1 Å². The molecule has 2 heterocycles. The van der Waals surface area contributed by atoms with Crippen LogP contribution in [0.5, 0.6) is 0 Å². The van der Waals surface area contributed by atoms with E-state index < -0.39 is 0 Å². The summed E-state index contributed by atoms with van der Waals surface area (Å²) in [6, 6.07) is 8.66. The smallest absolute Gasteiger partial charge is 0.224 e. The molecular formula is C21H32N6O. The Kier molecular flexibility index (Phi) is 7.54. The standard InChI is InChI=1S/C21H32N6O/c1-3-26(21(28)11-15-27-17-22-23-24-27)16-19-8-12-25(13-9-19)14-10-20-7-5-4-6-18(20)2/h4-7,17,19H,3,8-16H2,1-2H3. The van der Waals surface area contributed by atoms with Crippen LogP contribution in [0.4, 0.5) is 0 Å². The molecule has 0 atom stereocenters. The fraction of sp³-hybridized carbons (Fsp3) is 0.619. The number of tetrazole rings is 1. The molecule has 1 amide bonds. The van der Waals surface area contributed by atoms with Crippen molar-refractivity contribution >= 4 is 5.91 Å². The minimum atomic E-state index is 0.194. The predicted molar refractivity (Wildman–Crippen MR) is 109 cm³/mol. The van der Waals surface area contributed by atoms with Crippen molar-refractivity contribution in [2.75, 3.05) is 32.7 Å². The molecule has 1 saturated heterocycles. The Balaban J connectivity index is 1.38. The van der Waals surface area contributed by atoms with Gasteiger partial charge in [0.15, 0.2) is 0 Å². The van der Waals surface area contributed by atoms with Crippen LogP contribution in [0.25, 0.3) is 0 Å². The minimum Gasteiger partial charge on any atom is -0.343 e. The van der Waals surface area contributed by atoms with Crippen LogP contribution in [0, 0.1) is 12.8 Å². The average molecular weight is 385 g/mol. The van der Waals surface area contributed by atoms with Crippen molar-refractivity contribution in [1.29, 1.82) is 0 Å². The molecule has 152 valence electrons. The summed E-state index contributed by atoms with van der Waals surface area (Å²) in [7, 11) is 0. The van der Waals surface area contributed by atoms with E-state index in [0.29, 0.717) is 18.9 Å². The van der Waals surface area contributed by atoms with Gasteiger partial charge in [0, 0.05) is 26.1 Å². The van der Waals surface area contributed by atoms with E-state index in [4.69, 9.17) is 0 Å². The van der Waals surface area contributed by atoms with Crippen molar-refractivity contribution in [2.45, 2.75) is 46.1 Å². The molecule has 7 heteroatoms. The number of carbonyl (C=O) groups excluding carboxylic acids is 1. The molecule has 0 aliphatic carbocycles. The lowest BCUT2D eigenvalue weighted by atomic mass is 9.95. The Hall–Kier alpha value is -2.28. The number of hydrogen-bond donors (Lipinski definition) is 0. The van der Waals surface area contributed by atoms with Crippen molar-refractivity contribution in [3.8, 4) is 0 Å². The SMILES string of the molecule is CCN(CC1CCN(CCc2ccccc2C)CC1)C(=O)CCn1cnnn1. The van der Waals surface area contributed by atoms with Crippen LogP contribution >= 0.6 is 0 Å². The highest BCUT2D eigenvalue weighted by molar-refractivity contribution is 5.76. The molecular weight excluding hydrogens is 352 g/mol. The van der Waals surface area contributed by atoms with Gasteiger partial charge in [0.05, 0.1) is 6.54 Å². The first-order valence-electron chi connectivity index (χ1n) is 10.4. The first kappa shape index (κ1) is 20.5. The van der Waals surface area contributed by atoms with Crippen LogP contribution in [0.15, 0.2) is 30.6 Å². The van der Waals surface area contributed by atoms with Gasteiger partial charge < -0.3 is 9.80 Å². The Morgan fingerprint density at radius 1 is 1.21 bits per heavy atom. The Morgan fingerprint density at radius 3 is 2.68 bits per heavy atom. The number of aryl methyl sites for hydroxylation is 2. The van der Waals surface area contributed by atoms with Crippen molar-refractivity contribution in [2.24, 2.45) is 5.92 Å². The first-order valence-corrected chi connectivity index (χ1v) is 10.4. The molecule has 1 aliphatic heterocycles. The normalized spacial score (nSPS) is 15.6. The van der Waals surface area contributed by atoms with Crippen LogP contribution < -0.4 is 0 Å². The van der Waals surface area contributed by atoms with Crippen LogP contribution in [0.3, 0.4) is 0 Å². The molecule has 0 spiro atoms. The van der Waals surface area contributed by atoms with Crippen molar-refractivity contribution < 1.29 is 4.79 Å². The molecule has 1 aromatic heterocycles. The van der Waals surface area contributed by atoms with Crippen LogP contribution in [-0.2, 0) is 17.8 Å². The topological polar surface area (TPSA) is 67.2 Å². The largest absolute Gasteiger partial charge is 0.343 e. The van der Waals surface area contributed by atoms with E-state index >= 15 is 0 Å². The maximum Gasteiger partial charge on any atom is 0.224 e. The van der Waals surface area contributed by atoms with Gasteiger partial charge >= 0.3 is 0 Å². The average Bonchev–Trinajstić information content (AvgIpc) is 3.24. The third-order valence-corrected chi connectivity index (χ3v) is 5.83. The summed E-state index contributed by atoms with van der Waals surface area (Å²) in [6.45, 7) is 9.82. The molecule has 1 fully saturated rings. The number of carbonyl (C=O) groups is 1. The second kappa shape index (κ2) is 10.3. The third-order valence-electron chi connectivity index (χ3n) is 5.83. The molecule has 0 bridgehead atoms. The lowest BCUT2D eigenvalue weighted by molar-refractivity contribution is -0.132. The quantitative estimate of drug-likeness (QED) is 0.663. The summed E-state index contributed by atoms with van der Waals surface area (Å²) < 4.78 is 1.61. The first-order chi connectivity index (χ1) is 13.7. The lowest BCUT2D eigenvalue weighted by Crippen LogP contribution is -2.41. The van der Waals surface area contributed by atoms with Crippen molar-refractivity contribution in [3.63, 3.8) is 0 Å². The molecule has 2 aromatic rings. The maximum absolute atomic E-state index is 12.5. The van der Waals surface area contributed by atoms with E-state index in [1.807, 2.05) is 4.90 Å². The molecule has 0 saturated carbocycles. The fourth-order valence-corrected chi connectivity index (χ4v) is 3.93. The summed E-state index contributed by atoms with van der Waals surface area (Å²) >= 11 is 0. The molecule has 3 rings (SSSR count). The monoisotopic (exact) mass is 384 g/mol. The highest BCUT2D eigenvalue weighted by atomic mass is 16.2. The van der Waals surface area contributed by atoms with Gasteiger partial charge in [-0.2, -0.15) is 0 Å². The number of amides is 1.